The van der Waals surface area contributed by atoms with Crippen LogP contribution in [-0.4, -0.2) is 29.1 Å². The van der Waals surface area contributed by atoms with Gasteiger partial charge in [0, 0.05) is 31.1 Å². The average Bonchev–Trinajstić information content (AvgIpc) is 3.27. The maximum Gasteiger partial charge on any atom is 0.136 e. The lowest BCUT2D eigenvalue weighted by atomic mass is 10.3. The molecule has 4 rings (SSSR count). The molecule has 1 aromatic heterocycles. The van der Waals surface area contributed by atoms with E-state index in [1.807, 2.05) is 0 Å². The van der Waals surface area contributed by atoms with E-state index in [0.29, 0.717) is 5.92 Å². The summed E-state index contributed by atoms with van der Waals surface area (Å²) >= 11 is 0. The van der Waals surface area contributed by atoms with Gasteiger partial charge < -0.3 is 10.2 Å². The summed E-state index contributed by atoms with van der Waals surface area (Å²) in [6.07, 6.45) is 8.02. The molecule has 3 aliphatic carbocycles. The molecule has 4 heteroatoms. The predicted octanol–water partition coefficient (Wildman–Crippen LogP) is 3.16. The smallest absolute Gasteiger partial charge is 0.136 e. The van der Waals surface area contributed by atoms with E-state index in [1.54, 1.807) is 0 Å². The molecule has 0 atom stereocenters. The maximum absolute atomic E-state index is 4.89. The van der Waals surface area contributed by atoms with Crippen LogP contribution in [0.5, 0.6) is 0 Å². The van der Waals surface area contributed by atoms with Crippen molar-refractivity contribution in [2.75, 3.05) is 23.3 Å². The van der Waals surface area contributed by atoms with Gasteiger partial charge in [-0.1, -0.05) is 0 Å². The fourth-order valence-corrected chi connectivity index (χ4v) is 2.79. The van der Waals surface area contributed by atoms with Gasteiger partial charge in [-0.3, -0.25) is 0 Å². The summed E-state index contributed by atoms with van der Waals surface area (Å²) in [6.45, 7) is 4.26. The second kappa shape index (κ2) is 4.90. The Morgan fingerprint density at radius 1 is 1.15 bits per heavy atom. The Hall–Kier alpha value is -1.32. The van der Waals surface area contributed by atoms with E-state index in [9.17, 15) is 0 Å². The zero-order valence-corrected chi connectivity index (χ0v) is 12.3. The molecule has 3 fully saturated rings. The highest BCUT2D eigenvalue weighted by molar-refractivity contribution is 5.51. The monoisotopic (exact) mass is 272 g/mol. The van der Waals surface area contributed by atoms with Gasteiger partial charge in [0.2, 0.25) is 0 Å². The second-order valence-electron chi connectivity index (χ2n) is 6.60. The van der Waals surface area contributed by atoms with Crippen molar-refractivity contribution >= 4 is 11.6 Å². The van der Waals surface area contributed by atoms with Gasteiger partial charge in [-0.05, 0) is 51.4 Å². The molecule has 0 saturated heterocycles. The third-order valence-electron chi connectivity index (χ3n) is 4.46. The van der Waals surface area contributed by atoms with Gasteiger partial charge in [0.1, 0.15) is 17.5 Å². The minimum atomic E-state index is 0.620. The van der Waals surface area contributed by atoms with Crippen LogP contribution in [0.1, 0.15) is 57.2 Å². The van der Waals surface area contributed by atoms with Crippen LogP contribution in [0.25, 0.3) is 0 Å². The third kappa shape index (κ3) is 2.74. The normalized spacial score (nSPS) is 21.9. The molecular formula is C16H24N4. The van der Waals surface area contributed by atoms with E-state index in [4.69, 9.17) is 9.97 Å². The van der Waals surface area contributed by atoms with Gasteiger partial charge in [0.05, 0.1) is 0 Å². The fourth-order valence-electron chi connectivity index (χ4n) is 2.79. The molecule has 3 saturated carbocycles. The van der Waals surface area contributed by atoms with E-state index in [1.165, 1.54) is 50.9 Å². The van der Waals surface area contributed by atoms with E-state index in [0.717, 1.165) is 30.1 Å². The molecule has 108 valence electrons. The molecule has 0 unspecified atom stereocenters. The highest BCUT2D eigenvalue weighted by Gasteiger charge is 2.35. The Labute approximate surface area is 121 Å². The Balaban J connectivity index is 1.62. The Bertz CT molecular complexity index is 489. The van der Waals surface area contributed by atoms with Gasteiger partial charge in [0.15, 0.2) is 0 Å². The highest BCUT2D eigenvalue weighted by Crippen LogP contribution is 2.41. The first-order valence-corrected chi connectivity index (χ1v) is 8.23. The Morgan fingerprint density at radius 3 is 2.55 bits per heavy atom. The number of hydrogen-bond acceptors (Lipinski definition) is 4. The SMILES string of the molecule is CCNc1cc(N(CC2CC2)C2CC2)nc(C2CC2)n1. The number of hydrogen-bond donors (Lipinski definition) is 1. The molecule has 1 N–H and O–H groups in total. The molecule has 0 spiro atoms. The zero-order valence-electron chi connectivity index (χ0n) is 12.3. The maximum atomic E-state index is 4.89. The van der Waals surface area contributed by atoms with Crippen LogP contribution in [-0.2, 0) is 0 Å². The largest absolute Gasteiger partial charge is 0.370 e. The molecule has 0 aromatic carbocycles. The number of rotatable bonds is 7. The highest BCUT2D eigenvalue weighted by atomic mass is 15.3. The Kier molecular flexibility index (Phi) is 3.04. The Morgan fingerprint density at radius 2 is 1.95 bits per heavy atom. The van der Waals surface area contributed by atoms with Gasteiger partial charge >= 0.3 is 0 Å². The summed E-state index contributed by atoms with van der Waals surface area (Å²) in [5.41, 5.74) is 0. The first-order chi connectivity index (χ1) is 9.83. The van der Waals surface area contributed by atoms with E-state index >= 15 is 0 Å². The molecule has 3 aliphatic rings. The molecule has 0 aliphatic heterocycles. The zero-order chi connectivity index (χ0) is 13.5. The van der Waals surface area contributed by atoms with Crippen LogP contribution >= 0.6 is 0 Å². The summed E-state index contributed by atoms with van der Waals surface area (Å²) in [5.74, 6) is 4.79. The molecule has 4 nitrogen and oxygen atoms in total. The molecular weight excluding hydrogens is 248 g/mol. The average molecular weight is 272 g/mol. The van der Waals surface area contributed by atoms with Crippen molar-refractivity contribution in [3.8, 4) is 0 Å². The van der Waals surface area contributed by atoms with Crippen LogP contribution in [0.15, 0.2) is 6.07 Å². The van der Waals surface area contributed by atoms with Gasteiger partial charge in [-0.25, -0.2) is 9.97 Å². The van der Waals surface area contributed by atoms with Crippen molar-refractivity contribution < 1.29 is 0 Å². The first kappa shape index (κ1) is 12.4. The fraction of sp³-hybridized carbons (Fsp3) is 0.750. The summed E-state index contributed by atoms with van der Waals surface area (Å²) in [6, 6.07) is 2.91. The van der Waals surface area contributed by atoms with E-state index < -0.39 is 0 Å². The molecule has 1 heterocycles. The minimum Gasteiger partial charge on any atom is -0.370 e. The van der Waals surface area contributed by atoms with Gasteiger partial charge in [-0.15, -0.1) is 0 Å². The van der Waals surface area contributed by atoms with Crippen molar-refractivity contribution in [3.63, 3.8) is 0 Å². The van der Waals surface area contributed by atoms with Gasteiger partial charge in [-0.2, -0.15) is 0 Å². The van der Waals surface area contributed by atoms with Crippen LogP contribution in [0.2, 0.25) is 0 Å². The third-order valence-corrected chi connectivity index (χ3v) is 4.46. The number of nitrogens with one attached hydrogen (secondary N) is 1. The van der Waals surface area contributed by atoms with Crippen LogP contribution < -0.4 is 10.2 Å². The van der Waals surface area contributed by atoms with E-state index in [2.05, 4.69) is 23.2 Å². The van der Waals surface area contributed by atoms with Crippen LogP contribution in [0.3, 0.4) is 0 Å². The number of nitrogens with zero attached hydrogens (tertiary/aromatic N) is 3. The van der Waals surface area contributed by atoms with Crippen LogP contribution in [0.4, 0.5) is 11.6 Å². The summed E-state index contributed by atoms with van der Waals surface area (Å²) in [5, 5.41) is 3.38. The molecule has 1 aromatic rings. The predicted molar refractivity (Wildman–Crippen MR) is 81.3 cm³/mol. The van der Waals surface area contributed by atoms with Crippen LogP contribution in [0, 0.1) is 5.92 Å². The van der Waals surface area contributed by atoms with Crippen molar-refractivity contribution in [3.05, 3.63) is 11.9 Å². The lowest BCUT2D eigenvalue weighted by molar-refractivity contribution is 0.703. The molecule has 0 bridgehead atoms. The topological polar surface area (TPSA) is 41.0 Å². The lowest BCUT2D eigenvalue weighted by Gasteiger charge is -2.24. The molecule has 20 heavy (non-hydrogen) atoms. The van der Waals surface area contributed by atoms with Crippen molar-refractivity contribution in [2.24, 2.45) is 5.92 Å². The number of anilines is 2. The number of aromatic nitrogens is 2. The summed E-state index contributed by atoms with van der Waals surface area (Å²) < 4.78 is 0. The first-order valence-electron chi connectivity index (χ1n) is 8.23. The minimum absolute atomic E-state index is 0.620. The van der Waals surface area contributed by atoms with E-state index in [-0.39, 0.29) is 0 Å². The van der Waals surface area contributed by atoms with Crippen molar-refractivity contribution in [2.45, 2.75) is 57.4 Å². The quantitative estimate of drug-likeness (QED) is 0.828. The van der Waals surface area contributed by atoms with Gasteiger partial charge in [0.25, 0.3) is 0 Å². The van der Waals surface area contributed by atoms with Crippen molar-refractivity contribution in [1.29, 1.82) is 0 Å². The molecule has 0 radical (unpaired) electrons. The summed E-state index contributed by atoms with van der Waals surface area (Å²) in [7, 11) is 0. The lowest BCUT2D eigenvalue weighted by Crippen LogP contribution is -2.29. The standard InChI is InChI=1S/C16H24N4/c1-2-17-14-9-15(19-16(18-14)12-5-6-12)20(13-7-8-13)10-11-3-4-11/h9,11-13H,2-8,10H2,1H3,(H,17,18,19). The second-order valence-corrected chi connectivity index (χ2v) is 6.60. The van der Waals surface area contributed by atoms with Crippen molar-refractivity contribution in [1.82, 2.24) is 9.97 Å². The molecule has 0 amide bonds. The summed E-state index contributed by atoms with van der Waals surface area (Å²) in [4.78, 5) is 12.1.